The van der Waals surface area contributed by atoms with E-state index < -0.39 is 0 Å². The molecule has 0 aliphatic carbocycles. The minimum Gasteiger partial charge on any atom is -0.289 e. The lowest BCUT2D eigenvalue weighted by atomic mass is 10.1. The highest BCUT2D eigenvalue weighted by atomic mass is 16.1. The molecule has 2 heterocycles. The van der Waals surface area contributed by atoms with Gasteiger partial charge in [-0.3, -0.25) is 14.5 Å². The van der Waals surface area contributed by atoms with Gasteiger partial charge < -0.3 is 0 Å². The molecular weight excluding hydrogens is 274 g/mol. The SMILES string of the molecule is C/C=C\c1c(C)ccc2ncc(-c3cnn(C)c3)cc2c1=O. The highest BCUT2D eigenvalue weighted by Gasteiger charge is 2.08. The van der Waals surface area contributed by atoms with E-state index >= 15 is 0 Å². The zero-order valence-electron chi connectivity index (χ0n) is 12.9. The van der Waals surface area contributed by atoms with Gasteiger partial charge in [0.15, 0.2) is 5.43 Å². The van der Waals surface area contributed by atoms with Gasteiger partial charge in [-0.1, -0.05) is 18.2 Å². The van der Waals surface area contributed by atoms with Crippen molar-refractivity contribution in [1.82, 2.24) is 14.8 Å². The number of fused-ring (bicyclic) bond motifs is 1. The Morgan fingerprint density at radius 3 is 2.68 bits per heavy atom. The third-order valence-corrected chi connectivity index (χ3v) is 3.70. The zero-order chi connectivity index (χ0) is 15.7. The molecule has 4 heteroatoms. The Hall–Kier alpha value is -2.75. The second-order valence-corrected chi connectivity index (χ2v) is 5.32. The van der Waals surface area contributed by atoms with Crippen molar-refractivity contribution in [3.8, 4) is 11.1 Å². The van der Waals surface area contributed by atoms with Crippen molar-refractivity contribution in [1.29, 1.82) is 0 Å². The Labute approximate surface area is 128 Å². The van der Waals surface area contributed by atoms with Gasteiger partial charge in [-0.15, -0.1) is 0 Å². The smallest absolute Gasteiger partial charge is 0.195 e. The van der Waals surface area contributed by atoms with E-state index in [0.29, 0.717) is 16.5 Å². The second-order valence-electron chi connectivity index (χ2n) is 5.32. The van der Waals surface area contributed by atoms with Crippen molar-refractivity contribution in [2.24, 2.45) is 7.05 Å². The van der Waals surface area contributed by atoms with Gasteiger partial charge in [0.05, 0.1) is 11.7 Å². The van der Waals surface area contributed by atoms with Crippen molar-refractivity contribution in [3.05, 3.63) is 64.2 Å². The summed E-state index contributed by atoms with van der Waals surface area (Å²) in [6, 6.07) is 5.73. The fraction of sp³-hybridized carbons (Fsp3) is 0.167. The third kappa shape index (κ3) is 2.44. The molecule has 0 saturated carbocycles. The summed E-state index contributed by atoms with van der Waals surface area (Å²) in [6.45, 7) is 3.85. The highest BCUT2D eigenvalue weighted by molar-refractivity contribution is 5.84. The summed E-state index contributed by atoms with van der Waals surface area (Å²) in [7, 11) is 1.87. The molecule has 0 aliphatic rings. The van der Waals surface area contributed by atoms with Crippen molar-refractivity contribution in [2.45, 2.75) is 13.8 Å². The molecule has 110 valence electrons. The highest BCUT2D eigenvalue weighted by Crippen LogP contribution is 2.21. The van der Waals surface area contributed by atoms with E-state index in [-0.39, 0.29) is 5.43 Å². The minimum atomic E-state index is 0.00819. The minimum absolute atomic E-state index is 0.00819. The number of hydrogen-bond donors (Lipinski definition) is 0. The lowest BCUT2D eigenvalue weighted by molar-refractivity contribution is 0.768. The number of hydrogen-bond acceptors (Lipinski definition) is 3. The van der Waals surface area contributed by atoms with E-state index in [1.165, 1.54) is 0 Å². The van der Waals surface area contributed by atoms with Crippen molar-refractivity contribution in [2.75, 3.05) is 0 Å². The van der Waals surface area contributed by atoms with Gasteiger partial charge >= 0.3 is 0 Å². The number of nitrogens with zero attached hydrogens (tertiary/aromatic N) is 3. The third-order valence-electron chi connectivity index (χ3n) is 3.70. The van der Waals surface area contributed by atoms with Crippen molar-refractivity contribution in [3.63, 3.8) is 0 Å². The molecule has 3 rings (SSSR count). The lowest BCUT2D eigenvalue weighted by Gasteiger charge is -1.98. The maximum atomic E-state index is 12.8. The van der Waals surface area contributed by atoms with Gasteiger partial charge in [-0.25, -0.2) is 0 Å². The van der Waals surface area contributed by atoms with Crippen molar-refractivity contribution >= 4 is 17.0 Å². The zero-order valence-corrected chi connectivity index (χ0v) is 12.9. The van der Waals surface area contributed by atoms with Crippen LogP contribution >= 0.6 is 0 Å². The average Bonchev–Trinajstić information content (AvgIpc) is 2.91. The summed E-state index contributed by atoms with van der Waals surface area (Å²) in [4.78, 5) is 17.3. The van der Waals surface area contributed by atoms with Crippen LogP contribution in [0.15, 0.2) is 47.7 Å². The lowest BCUT2D eigenvalue weighted by Crippen LogP contribution is -2.04. The Morgan fingerprint density at radius 2 is 2.00 bits per heavy atom. The Morgan fingerprint density at radius 1 is 1.18 bits per heavy atom. The van der Waals surface area contributed by atoms with Gasteiger partial charge in [0, 0.05) is 41.5 Å². The van der Waals surface area contributed by atoms with Gasteiger partial charge in [-0.05, 0) is 31.5 Å². The summed E-state index contributed by atoms with van der Waals surface area (Å²) < 4.78 is 1.73. The number of pyridine rings is 1. The summed E-state index contributed by atoms with van der Waals surface area (Å²) in [5, 5.41) is 4.80. The molecule has 0 fully saturated rings. The molecule has 1 aromatic carbocycles. The van der Waals surface area contributed by atoms with E-state index in [4.69, 9.17) is 0 Å². The van der Waals surface area contributed by atoms with E-state index in [9.17, 15) is 4.79 Å². The van der Waals surface area contributed by atoms with Crippen LogP contribution in [0.1, 0.15) is 18.1 Å². The first-order valence-electron chi connectivity index (χ1n) is 7.15. The maximum absolute atomic E-state index is 12.8. The molecule has 0 unspecified atom stereocenters. The van der Waals surface area contributed by atoms with Crippen LogP contribution in [-0.2, 0) is 7.05 Å². The molecule has 22 heavy (non-hydrogen) atoms. The second kappa shape index (κ2) is 5.56. The largest absolute Gasteiger partial charge is 0.289 e. The molecule has 4 nitrogen and oxygen atoms in total. The van der Waals surface area contributed by atoms with Crippen LogP contribution in [0.25, 0.3) is 28.1 Å². The molecule has 0 spiro atoms. The van der Waals surface area contributed by atoms with Crippen LogP contribution in [0, 0.1) is 6.92 Å². The molecule has 0 aliphatic heterocycles. The fourth-order valence-electron chi connectivity index (χ4n) is 2.51. The standard InChI is InChI=1S/C18H17N3O/c1-4-5-15-12(2)6-7-17-16(18(15)22)8-13(9-19-17)14-10-20-21(3)11-14/h4-11H,1-3H3/b5-4-. The molecule has 3 aromatic rings. The first kappa shape index (κ1) is 14.2. The first-order chi connectivity index (χ1) is 10.6. The quantitative estimate of drug-likeness (QED) is 0.727. The van der Waals surface area contributed by atoms with Gasteiger partial charge in [0.2, 0.25) is 0 Å². The Balaban J connectivity index is 2.34. The van der Waals surface area contributed by atoms with Gasteiger partial charge in [0.25, 0.3) is 0 Å². The fourth-order valence-corrected chi connectivity index (χ4v) is 2.51. The molecule has 0 N–H and O–H groups in total. The van der Waals surface area contributed by atoms with E-state index in [0.717, 1.165) is 16.7 Å². The molecule has 0 bridgehead atoms. The van der Waals surface area contributed by atoms with Gasteiger partial charge in [0.1, 0.15) is 0 Å². The molecule has 0 saturated heterocycles. The summed E-state index contributed by atoms with van der Waals surface area (Å²) >= 11 is 0. The predicted octanol–water partition coefficient (Wildman–Crippen LogP) is 3.34. The van der Waals surface area contributed by atoms with Crippen LogP contribution in [0.5, 0.6) is 0 Å². The van der Waals surface area contributed by atoms with Crippen molar-refractivity contribution < 1.29 is 0 Å². The molecular formula is C18H17N3O. The van der Waals surface area contributed by atoms with Crippen LogP contribution < -0.4 is 5.43 Å². The molecule has 0 radical (unpaired) electrons. The number of aromatic nitrogens is 3. The Kier molecular flexibility index (Phi) is 3.59. The predicted molar refractivity (Wildman–Crippen MR) is 89.7 cm³/mol. The summed E-state index contributed by atoms with van der Waals surface area (Å²) in [5.74, 6) is 0. The molecule has 2 aromatic heterocycles. The molecule has 0 amide bonds. The summed E-state index contributed by atoms with van der Waals surface area (Å²) in [6.07, 6.45) is 9.20. The molecule has 0 atom stereocenters. The number of aryl methyl sites for hydroxylation is 2. The monoisotopic (exact) mass is 291 g/mol. The number of rotatable bonds is 2. The number of allylic oxidation sites excluding steroid dienone is 1. The Bertz CT molecular complexity index is 939. The topological polar surface area (TPSA) is 47.8 Å². The van der Waals surface area contributed by atoms with Crippen LogP contribution in [0.4, 0.5) is 0 Å². The average molecular weight is 291 g/mol. The maximum Gasteiger partial charge on any atom is 0.195 e. The van der Waals surface area contributed by atoms with Crippen LogP contribution in [0.3, 0.4) is 0 Å². The van der Waals surface area contributed by atoms with E-state index in [1.54, 1.807) is 17.1 Å². The normalized spacial score (nSPS) is 11.4. The van der Waals surface area contributed by atoms with Crippen LogP contribution in [-0.4, -0.2) is 14.8 Å². The van der Waals surface area contributed by atoms with Gasteiger partial charge in [-0.2, -0.15) is 5.10 Å². The first-order valence-corrected chi connectivity index (χ1v) is 7.15. The van der Waals surface area contributed by atoms with E-state index in [2.05, 4.69) is 10.1 Å². The van der Waals surface area contributed by atoms with Crippen LogP contribution in [0.2, 0.25) is 0 Å². The summed E-state index contributed by atoms with van der Waals surface area (Å²) in [5.41, 5.74) is 4.22. The van der Waals surface area contributed by atoms with E-state index in [1.807, 2.05) is 57.4 Å².